The van der Waals surface area contributed by atoms with Crippen molar-refractivity contribution in [1.29, 1.82) is 0 Å². The van der Waals surface area contributed by atoms with Crippen LogP contribution in [0.25, 0.3) is 0 Å². The third kappa shape index (κ3) is 4.22. The summed E-state index contributed by atoms with van der Waals surface area (Å²) in [4.78, 5) is 0.299. The van der Waals surface area contributed by atoms with E-state index in [1.807, 2.05) is 43.3 Å². The number of hydrogen-bond donors (Lipinski definition) is 2. The van der Waals surface area contributed by atoms with Crippen LogP contribution in [0.3, 0.4) is 0 Å². The average molecular weight is 356 g/mol. The summed E-state index contributed by atoms with van der Waals surface area (Å²) in [6.45, 7) is 4.23. The van der Waals surface area contributed by atoms with Gasteiger partial charge in [0.25, 0.3) is 10.0 Å². The van der Waals surface area contributed by atoms with Gasteiger partial charge in [-0.25, -0.2) is 8.42 Å². The molecule has 0 unspecified atom stereocenters. The van der Waals surface area contributed by atoms with Gasteiger partial charge in [-0.2, -0.15) is 0 Å². The SMILES string of the molecule is Cc1ccc(C)c(S(=O)(=O)Nc2ccc(NCc3ccco3)cc2)c1. The van der Waals surface area contributed by atoms with Crippen LogP contribution in [0.5, 0.6) is 0 Å². The van der Waals surface area contributed by atoms with Crippen molar-refractivity contribution in [2.45, 2.75) is 25.3 Å². The Labute approximate surface area is 147 Å². The number of furan rings is 1. The Hall–Kier alpha value is -2.73. The van der Waals surface area contributed by atoms with Gasteiger partial charge in [0.1, 0.15) is 5.76 Å². The molecule has 0 atom stereocenters. The molecule has 6 heteroatoms. The van der Waals surface area contributed by atoms with Gasteiger partial charge >= 0.3 is 0 Å². The summed E-state index contributed by atoms with van der Waals surface area (Å²) in [7, 11) is -3.61. The maximum atomic E-state index is 12.6. The lowest BCUT2D eigenvalue weighted by Gasteiger charge is -2.12. The fourth-order valence-electron chi connectivity index (χ4n) is 2.47. The number of nitrogens with one attached hydrogen (secondary N) is 2. The fourth-order valence-corrected chi connectivity index (χ4v) is 3.85. The zero-order valence-corrected chi connectivity index (χ0v) is 14.9. The Balaban J connectivity index is 1.71. The quantitative estimate of drug-likeness (QED) is 0.690. The van der Waals surface area contributed by atoms with E-state index < -0.39 is 10.0 Å². The summed E-state index contributed by atoms with van der Waals surface area (Å²) in [6.07, 6.45) is 1.63. The van der Waals surface area contributed by atoms with E-state index in [2.05, 4.69) is 10.0 Å². The van der Waals surface area contributed by atoms with Gasteiger partial charge < -0.3 is 9.73 Å². The molecule has 0 saturated heterocycles. The molecule has 3 rings (SSSR count). The molecular formula is C19H20N2O3S. The summed E-state index contributed by atoms with van der Waals surface area (Å²) in [5.41, 5.74) is 3.02. The second-order valence-electron chi connectivity index (χ2n) is 5.88. The number of aryl methyl sites for hydroxylation is 2. The highest BCUT2D eigenvalue weighted by Crippen LogP contribution is 2.22. The molecule has 130 valence electrons. The Bertz CT molecular complexity index is 947. The monoisotopic (exact) mass is 356 g/mol. The summed E-state index contributed by atoms with van der Waals surface area (Å²) in [6, 6.07) is 16.2. The lowest BCUT2D eigenvalue weighted by atomic mass is 10.2. The Morgan fingerprint density at radius 3 is 2.36 bits per heavy atom. The number of anilines is 2. The van der Waals surface area contributed by atoms with E-state index in [0.29, 0.717) is 17.1 Å². The van der Waals surface area contributed by atoms with Crippen LogP contribution < -0.4 is 10.0 Å². The van der Waals surface area contributed by atoms with Crippen molar-refractivity contribution in [3.63, 3.8) is 0 Å². The van der Waals surface area contributed by atoms with E-state index in [1.165, 1.54) is 0 Å². The number of hydrogen-bond acceptors (Lipinski definition) is 4. The molecule has 0 amide bonds. The molecule has 2 N–H and O–H groups in total. The zero-order chi connectivity index (χ0) is 17.9. The first-order valence-electron chi connectivity index (χ1n) is 7.90. The summed E-state index contributed by atoms with van der Waals surface area (Å²) in [5, 5.41) is 3.21. The predicted molar refractivity (Wildman–Crippen MR) is 99.2 cm³/mol. The standard InChI is InChI=1S/C19H20N2O3S/c1-14-5-6-15(2)19(12-14)25(22,23)21-17-9-7-16(8-10-17)20-13-18-4-3-11-24-18/h3-12,20-21H,13H2,1-2H3. The smallest absolute Gasteiger partial charge is 0.262 e. The van der Waals surface area contributed by atoms with E-state index in [-0.39, 0.29) is 0 Å². The van der Waals surface area contributed by atoms with Crippen LogP contribution in [-0.2, 0) is 16.6 Å². The van der Waals surface area contributed by atoms with Gasteiger partial charge in [0, 0.05) is 11.4 Å². The maximum Gasteiger partial charge on any atom is 0.262 e. The van der Waals surface area contributed by atoms with Crippen LogP contribution in [0, 0.1) is 13.8 Å². The predicted octanol–water partition coefficient (Wildman–Crippen LogP) is 4.31. The minimum atomic E-state index is -3.61. The molecule has 5 nitrogen and oxygen atoms in total. The largest absolute Gasteiger partial charge is 0.467 e. The normalized spacial score (nSPS) is 11.3. The molecule has 0 saturated carbocycles. The Morgan fingerprint density at radius 1 is 0.960 bits per heavy atom. The van der Waals surface area contributed by atoms with Crippen molar-refractivity contribution >= 4 is 21.4 Å². The highest BCUT2D eigenvalue weighted by atomic mass is 32.2. The van der Waals surface area contributed by atoms with Crippen LogP contribution in [0.2, 0.25) is 0 Å². The molecule has 1 aromatic heterocycles. The molecule has 0 bridgehead atoms. The van der Waals surface area contributed by atoms with Crippen LogP contribution in [0.4, 0.5) is 11.4 Å². The van der Waals surface area contributed by atoms with Crippen molar-refractivity contribution in [2.75, 3.05) is 10.0 Å². The molecule has 0 radical (unpaired) electrons. The van der Waals surface area contributed by atoms with Gasteiger partial charge in [0.2, 0.25) is 0 Å². The van der Waals surface area contributed by atoms with Crippen LogP contribution in [0.1, 0.15) is 16.9 Å². The number of rotatable bonds is 6. The lowest BCUT2D eigenvalue weighted by Crippen LogP contribution is -2.14. The average Bonchev–Trinajstić information content (AvgIpc) is 3.09. The minimum absolute atomic E-state index is 0.299. The Kier molecular flexibility index (Phi) is 4.81. The first-order chi connectivity index (χ1) is 11.9. The van der Waals surface area contributed by atoms with E-state index in [4.69, 9.17) is 4.42 Å². The molecule has 25 heavy (non-hydrogen) atoms. The molecule has 0 aliphatic carbocycles. The molecule has 0 aliphatic heterocycles. The van der Waals surface area contributed by atoms with Crippen LogP contribution in [0.15, 0.2) is 70.2 Å². The topological polar surface area (TPSA) is 71.3 Å². The van der Waals surface area contributed by atoms with Gasteiger partial charge in [-0.15, -0.1) is 0 Å². The van der Waals surface area contributed by atoms with E-state index in [1.54, 1.807) is 31.4 Å². The van der Waals surface area contributed by atoms with Crippen LogP contribution in [-0.4, -0.2) is 8.42 Å². The zero-order valence-electron chi connectivity index (χ0n) is 14.1. The molecular weight excluding hydrogens is 336 g/mol. The first kappa shape index (κ1) is 17.1. The van der Waals surface area contributed by atoms with Crippen molar-refractivity contribution in [1.82, 2.24) is 0 Å². The second-order valence-corrected chi connectivity index (χ2v) is 7.54. The van der Waals surface area contributed by atoms with Crippen molar-refractivity contribution < 1.29 is 12.8 Å². The van der Waals surface area contributed by atoms with E-state index in [9.17, 15) is 8.42 Å². The highest BCUT2D eigenvalue weighted by Gasteiger charge is 2.17. The van der Waals surface area contributed by atoms with Crippen molar-refractivity contribution in [3.05, 3.63) is 77.7 Å². The molecule has 0 fully saturated rings. The van der Waals surface area contributed by atoms with Gasteiger partial charge in [0.05, 0.1) is 17.7 Å². The summed E-state index contributed by atoms with van der Waals surface area (Å²) < 4.78 is 33.1. The van der Waals surface area contributed by atoms with Gasteiger partial charge in [-0.3, -0.25) is 4.72 Å². The van der Waals surface area contributed by atoms with Crippen molar-refractivity contribution in [3.8, 4) is 0 Å². The molecule has 2 aromatic carbocycles. The van der Waals surface area contributed by atoms with Gasteiger partial charge in [-0.1, -0.05) is 12.1 Å². The molecule has 1 heterocycles. The number of sulfonamides is 1. The number of benzene rings is 2. The van der Waals surface area contributed by atoms with Gasteiger partial charge in [0.15, 0.2) is 0 Å². The Morgan fingerprint density at radius 2 is 1.68 bits per heavy atom. The third-order valence-corrected chi connectivity index (χ3v) is 5.34. The molecule has 3 aromatic rings. The maximum absolute atomic E-state index is 12.6. The van der Waals surface area contributed by atoms with Crippen molar-refractivity contribution in [2.24, 2.45) is 0 Å². The minimum Gasteiger partial charge on any atom is -0.467 e. The van der Waals surface area contributed by atoms with Gasteiger partial charge in [-0.05, 0) is 67.4 Å². The lowest BCUT2D eigenvalue weighted by molar-refractivity contribution is 0.518. The first-order valence-corrected chi connectivity index (χ1v) is 9.39. The summed E-state index contributed by atoms with van der Waals surface area (Å²) >= 11 is 0. The summed E-state index contributed by atoms with van der Waals surface area (Å²) in [5.74, 6) is 0.833. The second kappa shape index (κ2) is 7.03. The molecule has 0 aliphatic rings. The fraction of sp³-hybridized carbons (Fsp3) is 0.158. The van der Waals surface area contributed by atoms with Crippen LogP contribution >= 0.6 is 0 Å². The van der Waals surface area contributed by atoms with E-state index in [0.717, 1.165) is 22.6 Å². The molecule has 0 spiro atoms. The van der Waals surface area contributed by atoms with E-state index >= 15 is 0 Å². The highest BCUT2D eigenvalue weighted by molar-refractivity contribution is 7.92. The third-order valence-electron chi connectivity index (χ3n) is 3.82.